The van der Waals surface area contributed by atoms with Crippen LogP contribution in [0.15, 0.2) is 30.9 Å². The first-order chi connectivity index (χ1) is 17.2. The Balaban J connectivity index is 1.72. The van der Waals surface area contributed by atoms with Crippen LogP contribution in [-0.4, -0.2) is 47.0 Å². The summed E-state index contributed by atoms with van der Waals surface area (Å²) < 4.78 is 30.6. The Hall–Kier alpha value is -3.52. The number of nitriles is 1. The number of hydrogen-bond acceptors (Lipinski definition) is 7. The lowest BCUT2D eigenvalue weighted by atomic mass is 9.99. The molecule has 0 aliphatic carbocycles. The van der Waals surface area contributed by atoms with E-state index in [9.17, 15) is 14.4 Å². The fourth-order valence-electron chi connectivity index (χ4n) is 4.43. The number of pyridine rings is 1. The van der Waals surface area contributed by atoms with Crippen molar-refractivity contribution in [3.05, 3.63) is 58.2 Å². The maximum atomic E-state index is 16.1. The van der Waals surface area contributed by atoms with Crippen LogP contribution in [0.4, 0.5) is 19.6 Å². The van der Waals surface area contributed by atoms with Gasteiger partial charge in [-0.15, -0.1) is 0 Å². The molecule has 2 aromatic carbocycles. The number of anilines is 2. The van der Waals surface area contributed by atoms with Crippen LogP contribution in [0.2, 0.25) is 10.2 Å². The van der Waals surface area contributed by atoms with Crippen LogP contribution in [0.5, 0.6) is 0 Å². The molecule has 36 heavy (non-hydrogen) atoms. The number of nitrogen functional groups attached to an aromatic ring is 1. The zero-order chi connectivity index (χ0) is 25.7. The molecule has 3 heterocycles. The summed E-state index contributed by atoms with van der Waals surface area (Å²) in [5, 5.41) is 10.1. The van der Waals surface area contributed by atoms with Gasteiger partial charge in [0, 0.05) is 42.7 Å². The molecular weight excluding hydrogens is 529 g/mol. The van der Waals surface area contributed by atoms with Gasteiger partial charge in [-0.2, -0.15) is 5.26 Å². The molecule has 1 fully saturated rings. The highest BCUT2D eigenvalue weighted by Crippen LogP contribution is 2.44. The Kier molecular flexibility index (Phi) is 6.16. The molecule has 0 radical (unpaired) electrons. The van der Waals surface area contributed by atoms with Gasteiger partial charge in [0.1, 0.15) is 28.1 Å². The summed E-state index contributed by atoms with van der Waals surface area (Å²) in [5.41, 5.74) is 6.55. The first-order valence-electron chi connectivity index (χ1n) is 10.7. The van der Waals surface area contributed by atoms with E-state index in [1.807, 2.05) is 4.90 Å². The largest absolute Gasteiger partial charge is 0.375 e. The molecule has 1 saturated heterocycles. The quantitative estimate of drug-likeness (QED) is 0.274. The molecule has 5 rings (SSSR count). The van der Waals surface area contributed by atoms with Crippen LogP contribution in [-0.2, 0) is 4.79 Å². The molecule has 0 bridgehead atoms. The van der Waals surface area contributed by atoms with Crippen molar-refractivity contribution < 1.29 is 13.6 Å². The van der Waals surface area contributed by atoms with Gasteiger partial charge >= 0.3 is 0 Å². The summed E-state index contributed by atoms with van der Waals surface area (Å²) in [6.45, 7) is 5.02. The maximum Gasteiger partial charge on any atom is 0.246 e. The Morgan fingerprint density at radius 3 is 2.58 bits per heavy atom. The molecule has 4 aromatic rings. The lowest BCUT2D eigenvalue weighted by Crippen LogP contribution is -2.48. The third kappa shape index (κ3) is 3.80. The molecule has 1 aliphatic heterocycles. The molecule has 1 aliphatic rings. The molecule has 12 heteroatoms. The van der Waals surface area contributed by atoms with Crippen molar-refractivity contribution in [1.29, 1.82) is 5.26 Å². The van der Waals surface area contributed by atoms with Crippen molar-refractivity contribution in [2.45, 2.75) is 0 Å². The average Bonchev–Trinajstić information content (AvgIpc) is 3.27. The highest BCUT2D eigenvalue weighted by molar-refractivity contribution is 7.22. The van der Waals surface area contributed by atoms with Gasteiger partial charge in [-0.05, 0) is 24.3 Å². The average molecular weight is 545 g/mol. The molecule has 7 nitrogen and oxygen atoms in total. The molecule has 0 unspecified atom stereocenters. The smallest absolute Gasteiger partial charge is 0.246 e. The molecular formula is C24H16Cl2F2N6OS. The van der Waals surface area contributed by atoms with Gasteiger partial charge in [-0.3, -0.25) is 4.79 Å². The minimum atomic E-state index is -0.787. The van der Waals surface area contributed by atoms with Crippen molar-refractivity contribution in [2.75, 3.05) is 36.8 Å². The highest BCUT2D eigenvalue weighted by Gasteiger charge is 2.28. The van der Waals surface area contributed by atoms with E-state index >= 15 is 4.39 Å². The molecule has 2 N–H and O–H groups in total. The summed E-state index contributed by atoms with van der Waals surface area (Å²) in [5.74, 6) is -1.51. The first kappa shape index (κ1) is 24.2. The lowest BCUT2D eigenvalue weighted by Gasteiger charge is -2.36. The Bertz CT molecular complexity index is 1630. The highest BCUT2D eigenvalue weighted by atomic mass is 35.5. The summed E-state index contributed by atoms with van der Waals surface area (Å²) >= 11 is 13.9. The fourth-order valence-corrected chi connectivity index (χ4v) is 5.71. The predicted molar refractivity (Wildman–Crippen MR) is 138 cm³/mol. The van der Waals surface area contributed by atoms with Crippen LogP contribution in [0.25, 0.3) is 32.2 Å². The maximum absolute atomic E-state index is 16.1. The monoisotopic (exact) mass is 544 g/mol. The second-order valence-corrected chi connectivity index (χ2v) is 9.82. The molecule has 0 spiro atoms. The number of piperazine rings is 1. The topological polar surface area (TPSA) is 99.1 Å². The molecule has 182 valence electrons. The number of thiazole rings is 1. The number of nitrogens with zero attached hydrogens (tertiary/aromatic N) is 5. The fraction of sp³-hybridized carbons (Fsp3) is 0.167. The van der Waals surface area contributed by atoms with E-state index in [2.05, 4.69) is 22.6 Å². The number of amides is 1. The summed E-state index contributed by atoms with van der Waals surface area (Å²) in [4.78, 5) is 23.8. The van der Waals surface area contributed by atoms with E-state index in [-0.39, 0.29) is 53.6 Å². The van der Waals surface area contributed by atoms with E-state index in [0.717, 1.165) is 11.3 Å². The summed E-state index contributed by atoms with van der Waals surface area (Å²) in [7, 11) is 0. The van der Waals surface area contributed by atoms with E-state index in [1.54, 1.807) is 4.90 Å². The van der Waals surface area contributed by atoms with Gasteiger partial charge in [0.2, 0.25) is 5.91 Å². The number of benzene rings is 2. The number of rotatable bonds is 3. The SMILES string of the molecule is C=CC(=O)N1CCN(c2c(C#N)c(Cl)nc3c(F)c(-c4ccc(F)c5sc(N)nc45)c(Cl)cc23)CC1. The van der Waals surface area contributed by atoms with Crippen molar-refractivity contribution in [2.24, 2.45) is 0 Å². The number of nitrogens with two attached hydrogens (primary N) is 1. The van der Waals surface area contributed by atoms with Crippen LogP contribution in [0.1, 0.15) is 5.56 Å². The number of fused-ring (bicyclic) bond motifs is 2. The normalized spacial score (nSPS) is 13.9. The van der Waals surface area contributed by atoms with E-state index in [4.69, 9.17) is 28.9 Å². The predicted octanol–water partition coefficient (Wildman–Crippen LogP) is 5.38. The number of halogens is 4. The lowest BCUT2D eigenvalue weighted by molar-refractivity contribution is -0.126. The van der Waals surface area contributed by atoms with Gasteiger partial charge < -0.3 is 15.5 Å². The van der Waals surface area contributed by atoms with Crippen LogP contribution < -0.4 is 10.6 Å². The van der Waals surface area contributed by atoms with Gasteiger partial charge in [0.25, 0.3) is 0 Å². The minimum Gasteiger partial charge on any atom is -0.375 e. The number of carbonyl (C=O) groups excluding carboxylic acids is 1. The number of carbonyl (C=O) groups is 1. The van der Waals surface area contributed by atoms with E-state index < -0.39 is 11.6 Å². The number of aromatic nitrogens is 2. The Morgan fingerprint density at radius 2 is 1.92 bits per heavy atom. The zero-order valence-corrected chi connectivity index (χ0v) is 20.8. The second kappa shape index (κ2) is 9.17. The minimum absolute atomic E-state index is 0.0224. The zero-order valence-electron chi connectivity index (χ0n) is 18.5. The first-order valence-corrected chi connectivity index (χ1v) is 12.2. The van der Waals surface area contributed by atoms with E-state index in [1.165, 1.54) is 24.3 Å². The molecule has 0 atom stereocenters. The van der Waals surface area contributed by atoms with Gasteiger partial charge in [0.05, 0.1) is 20.9 Å². The van der Waals surface area contributed by atoms with Gasteiger partial charge in [-0.1, -0.05) is 41.1 Å². The number of hydrogen-bond donors (Lipinski definition) is 1. The molecule has 2 aromatic heterocycles. The van der Waals surface area contributed by atoms with Crippen LogP contribution >= 0.6 is 34.5 Å². The second-order valence-electron chi connectivity index (χ2n) is 8.02. The van der Waals surface area contributed by atoms with Gasteiger partial charge in [0.15, 0.2) is 10.9 Å². The molecule has 1 amide bonds. The van der Waals surface area contributed by atoms with E-state index in [0.29, 0.717) is 37.3 Å². The van der Waals surface area contributed by atoms with Crippen LogP contribution in [0, 0.1) is 23.0 Å². The third-order valence-corrected chi connectivity index (χ3v) is 7.54. The van der Waals surface area contributed by atoms with Gasteiger partial charge in [-0.25, -0.2) is 18.7 Å². The van der Waals surface area contributed by atoms with Crippen LogP contribution in [0.3, 0.4) is 0 Å². The molecule has 0 saturated carbocycles. The summed E-state index contributed by atoms with van der Waals surface area (Å²) in [6.07, 6.45) is 1.24. The standard InChI is InChI=1S/C24H16Cl2F2N6OS/c1-2-16(35)33-5-7-34(8-6-33)21-12-9-14(25)17(18(28)19(12)31-23(26)13(21)10-29)11-3-4-15(27)22-20(11)32-24(30)36-22/h2-4,9H,1,5-8H2,(H2,30,32). The van der Waals surface area contributed by atoms with Crippen molar-refractivity contribution in [3.8, 4) is 17.2 Å². The van der Waals surface area contributed by atoms with Crippen molar-refractivity contribution in [3.63, 3.8) is 0 Å². The van der Waals surface area contributed by atoms with Crippen molar-refractivity contribution in [1.82, 2.24) is 14.9 Å². The third-order valence-electron chi connectivity index (χ3n) is 6.08. The summed E-state index contributed by atoms with van der Waals surface area (Å²) in [6, 6.07) is 6.15. The Morgan fingerprint density at radius 1 is 1.19 bits per heavy atom. The Labute approximate surface area is 218 Å². The van der Waals surface area contributed by atoms with Crippen molar-refractivity contribution >= 4 is 72.4 Å².